The zero-order valence-electron chi connectivity index (χ0n) is 22.3. The van der Waals surface area contributed by atoms with E-state index in [-0.39, 0.29) is 17.4 Å². The second-order valence-electron chi connectivity index (χ2n) is 10.2. The molecule has 11 heteroatoms. The number of aromatic nitrogens is 5. The first-order chi connectivity index (χ1) is 18.1. The predicted octanol–water partition coefficient (Wildman–Crippen LogP) is 3.74. The van der Waals surface area contributed by atoms with E-state index in [1.54, 1.807) is 50.3 Å². The summed E-state index contributed by atoms with van der Waals surface area (Å²) in [5.74, 6) is 0.188. The van der Waals surface area contributed by atoms with E-state index in [2.05, 4.69) is 49.4 Å². The van der Waals surface area contributed by atoms with Crippen LogP contribution in [-0.2, 0) is 11.8 Å². The average Bonchev–Trinajstić information content (AvgIpc) is 3.56. The fraction of sp³-hybridized carbons (Fsp3) is 0.370. The molecule has 0 bridgehead atoms. The summed E-state index contributed by atoms with van der Waals surface area (Å²) in [7, 11) is 3.40. The molecule has 38 heavy (non-hydrogen) atoms. The van der Waals surface area contributed by atoms with Gasteiger partial charge in [-0.3, -0.25) is 19.5 Å². The zero-order chi connectivity index (χ0) is 27.0. The van der Waals surface area contributed by atoms with Gasteiger partial charge in [-0.15, -0.1) is 0 Å². The molecule has 198 valence electrons. The SMILES string of the molecule is COc1c(-c2cc3cc(C(=O)Nc4cc(NC(=O)CN5CCCC5(C)C)cnc4C)cnc3[nH]2)cnn1C. The van der Waals surface area contributed by atoms with Crippen LogP contribution in [0, 0.1) is 6.92 Å². The number of carbonyl (C=O) groups is 2. The Morgan fingerprint density at radius 1 is 1.13 bits per heavy atom. The van der Waals surface area contributed by atoms with Gasteiger partial charge in [-0.25, -0.2) is 9.67 Å². The summed E-state index contributed by atoms with van der Waals surface area (Å²) >= 11 is 0. The Bertz CT molecular complexity index is 1520. The van der Waals surface area contributed by atoms with E-state index >= 15 is 0 Å². The van der Waals surface area contributed by atoms with Gasteiger partial charge in [-0.05, 0) is 58.4 Å². The molecule has 3 N–H and O–H groups in total. The van der Waals surface area contributed by atoms with Crippen LogP contribution in [0.3, 0.4) is 0 Å². The number of hydrogen-bond donors (Lipinski definition) is 3. The molecule has 11 nitrogen and oxygen atoms in total. The van der Waals surface area contributed by atoms with Crippen molar-refractivity contribution in [3.05, 3.63) is 48.0 Å². The third-order valence-corrected chi connectivity index (χ3v) is 7.13. The highest BCUT2D eigenvalue weighted by Crippen LogP contribution is 2.31. The molecule has 0 spiro atoms. The number of amides is 2. The van der Waals surface area contributed by atoms with E-state index in [1.807, 2.05) is 6.07 Å². The fourth-order valence-corrected chi connectivity index (χ4v) is 4.89. The highest BCUT2D eigenvalue weighted by atomic mass is 16.5. The van der Waals surface area contributed by atoms with Crippen molar-refractivity contribution in [2.24, 2.45) is 7.05 Å². The van der Waals surface area contributed by atoms with Crippen LogP contribution < -0.4 is 15.4 Å². The van der Waals surface area contributed by atoms with Gasteiger partial charge in [-0.1, -0.05) is 0 Å². The van der Waals surface area contributed by atoms with E-state index in [9.17, 15) is 9.59 Å². The maximum atomic E-state index is 13.1. The number of aryl methyl sites for hydroxylation is 2. The van der Waals surface area contributed by atoms with E-state index < -0.39 is 0 Å². The molecule has 5 heterocycles. The maximum Gasteiger partial charge on any atom is 0.257 e. The Kier molecular flexibility index (Phi) is 6.62. The number of nitrogens with zero attached hydrogens (tertiary/aromatic N) is 5. The Hall–Kier alpha value is -4.25. The molecule has 1 aliphatic rings. The van der Waals surface area contributed by atoms with E-state index in [1.165, 1.54) is 6.20 Å². The number of carbonyl (C=O) groups excluding carboxylic acids is 2. The summed E-state index contributed by atoms with van der Waals surface area (Å²) in [6.07, 6.45) is 6.99. The lowest BCUT2D eigenvalue weighted by molar-refractivity contribution is -0.118. The van der Waals surface area contributed by atoms with Crippen molar-refractivity contribution in [3.8, 4) is 17.1 Å². The molecule has 1 saturated heterocycles. The number of aromatic amines is 1. The minimum atomic E-state index is -0.326. The molecule has 2 amide bonds. The van der Waals surface area contributed by atoms with Crippen molar-refractivity contribution in [3.63, 3.8) is 0 Å². The monoisotopic (exact) mass is 516 g/mol. The smallest absolute Gasteiger partial charge is 0.257 e. The van der Waals surface area contributed by atoms with Crippen LogP contribution in [0.1, 0.15) is 42.7 Å². The van der Waals surface area contributed by atoms with Gasteiger partial charge in [0.05, 0.1) is 59.9 Å². The number of likely N-dealkylation sites (tertiary alicyclic amines) is 1. The minimum Gasteiger partial charge on any atom is -0.481 e. The first-order valence-corrected chi connectivity index (χ1v) is 12.5. The molecule has 0 unspecified atom stereocenters. The fourth-order valence-electron chi connectivity index (χ4n) is 4.89. The Morgan fingerprint density at radius 3 is 2.68 bits per heavy atom. The van der Waals surface area contributed by atoms with Gasteiger partial charge >= 0.3 is 0 Å². The molecule has 0 aromatic carbocycles. The van der Waals surface area contributed by atoms with Gasteiger partial charge in [0.25, 0.3) is 5.91 Å². The van der Waals surface area contributed by atoms with Gasteiger partial charge in [0.2, 0.25) is 11.8 Å². The molecular weight excluding hydrogens is 484 g/mol. The van der Waals surface area contributed by atoms with Crippen LogP contribution in [0.5, 0.6) is 5.88 Å². The van der Waals surface area contributed by atoms with Crippen LogP contribution in [0.15, 0.2) is 36.8 Å². The standard InChI is InChI=1S/C27H32N8O3/c1-16-21(11-19(13-28-16)31-23(36)15-35-8-6-7-27(35,2)3)33-25(37)18-9-17-10-22(32-24(17)29-12-18)20-14-30-34(4)26(20)38-5/h9-14H,6-8,15H2,1-5H3,(H,29,32)(H,31,36)(H,33,37). The van der Waals surface area contributed by atoms with Gasteiger partial charge in [0.1, 0.15) is 5.65 Å². The number of methoxy groups -OCH3 is 1. The molecule has 5 rings (SSSR count). The van der Waals surface area contributed by atoms with Crippen LogP contribution >= 0.6 is 0 Å². The van der Waals surface area contributed by atoms with Crippen molar-refractivity contribution in [2.45, 2.75) is 39.2 Å². The summed E-state index contributed by atoms with van der Waals surface area (Å²) < 4.78 is 7.09. The lowest BCUT2D eigenvalue weighted by atomic mass is 10.0. The molecule has 1 fully saturated rings. The van der Waals surface area contributed by atoms with Gasteiger partial charge in [0, 0.05) is 24.2 Å². The van der Waals surface area contributed by atoms with Crippen molar-refractivity contribution in [1.29, 1.82) is 0 Å². The molecule has 4 aromatic rings. The minimum absolute atomic E-state index is 0.0153. The third kappa shape index (κ3) is 4.97. The van der Waals surface area contributed by atoms with Crippen molar-refractivity contribution >= 4 is 34.2 Å². The van der Waals surface area contributed by atoms with Gasteiger partial charge < -0.3 is 20.4 Å². The van der Waals surface area contributed by atoms with Crippen molar-refractivity contribution in [2.75, 3.05) is 30.8 Å². The Balaban J connectivity index is 1.30. The zero-order valence-corrected chi connectivity index (χ0v) is 22.3. The number of pyridine rings is 2. The number of ether oxygens (including phenoxy) is 1. The maximum absolute atomic E-state index is 13.1. The van der Waals surface area contributed by atoms with Crippen molar-refractivity contribution < 1.29 is 14.3 Å². The quantitative estimate of drug-likeness (QED) is 0.341. The first-order valence-electron chi connectivity index (χ1n) is 12.5. The van der Waals surface area contributed by atoms with E-state index in [0.717, 1.165) is 36.0 Å². The lowest BCUT2D eigenvalue weighted by Crippen LogP contribution is -2.42. The third-order valence-electron chi connectivity index (χ3n) is 7.13. The van der Waals surface area contributed by atoms with E-state index in [0.29, 0.717) is 40.7 Å². The molecule has 0 saturated carbocycles. The Morgan fingerprint density at radius 2 is 1.95 bits per heavy atom. The molecule has 4 aromatic heterocycles. The number of hydrogen-bond acceptors (Lipinski definition) is 7. The number of nitrogens with one attached hydrogen (secondary N) is 3. The summed E-state index contributed by atoms with van der Waals surface area (Å²) in [5.41, 5.74) is 4.33. The van der Waals surface area contributed by atoms with Crippen LogP contribution in [0.25, 0.3) is 22.3 Å². The highest BCUT2D eigenvalue weighted by molar-refractivity contribution is 6.06. The molecule has 0 aliphatic carbocycles. The largest absolute Gasteiger partial charge is 0.481 e. The highest BCUT2D eigenvalue weighted by Gasteiger charge is 2.32. The second kappa shape index (κ2) is 9.90. The summed E-state index contributed by atoms with van der Waals surface area (Å²) in [5, 5.41) is 10.8. The average molecular weight is 517 g/mol. The molecular formula is C27H32N8O3. The van der Waals surface area contributed by atoms with E-state index in [4.69, 9.17) is 4.74 Å². The first kappa shape index (κ1) is 25.4. The molecule has 1 aliphatic heterocycles. The summed E-state index contributed by atoms with van der Waals surface area (Å²) in [6.45, 7) is 7.34. The van der Waals surface area contributed by atoms with Gasteiger partial charge in [0.15, 0.2) is 0 Å². The Labute approximate surface area is 220 Å². The van der Waals surface area contributed by atoms with Crippen LogP contribution in [0.4, 0.5) is 11.4 Å². The van der Waals surface area contributed by atoms with Crippen LogP contribution in [-0.4, -0.2) is 67.2 Å². The number of anilines is 2. The molecule has 0 atom stereocenters. The topological polar surface area (TPSA) is 130 Å². The molecule has 0 radical (unpaired) electrons. The number of H-pyrrole nitrogens is 1. The summed E-state index contributed by atoms with van der Waals surface area (Å²) in [6, 6.07) is 5.40. The summed E-state index contributed by atoms with van der Waals surface area (Å²) in [4.78, 5) is 40.0. The predicted molar refractivity (Wildman–Crippen MR) is 145 cm³/mol. The lowest BCUT2D eigenvalue weighted by Gasteiger charge is -2.30. The van der Waals surface area contributed by atoms with Crippen molar-refractivity contribution in [1.82, 2.24) is 29.6 Å². The number of fused-ring (bicyclic) bond motifs is 1. The second-order valence-corrected chi connectivity index (χ2v) is 10.2. The van der Waals surface area contributed by atoms with Gasteiger partial charge in [-0.2, -0.15) is 5.10 Å². The number of rotatable bonds is 7. The van der Waals surface area contributed by atoms with Crippen LogP contribution in [0.2, 0.25) is 0 Å². The normalized spacial score (nSPS) is 15.1.